The summed E-state index contributed by atoms with van der Waals surface area (Å²) in [6, 6.07) is 42.6. The van der Waals surface area contributed by atoms with Crippen LogP contribution in [0.15, 0.2) is 103 Å². The van der Waals surface area contributed by atoms with E-state index in [-0.39, 0.29) is 50.0 Å². The highest BCUT2D eigenvalue weighted by atomic mass is 32.1. The van der Waals surface area contributed by atoms with Crippen molar-refractivity contribution in [2.45, 2.75) is 205 Å². The van der Waals surface area contributed by atoms with Crippen molar-refractivity contribution < 1.29 is 0 Å². The zero-order valence-electron chi connectivity index (χ0n) is 47.9. The van der Waals surface area contributed by atoms with Gasteiger partial charge >= 0.3 is 0 Å². The van der Waals surface area contributed by atoms with E-state index in [9.17, 15) is 0 Å². The van der Waals surface area contributed by atoms with Gasteiger partial charge in [0.05, 0.1) is 5.00 Å². The number of hydrogen-bond acceptors (Lipinski definition) is 3. The van der Waals surface area contributed by atoms with Gasteiger partial charge in [0.1, 0.15) is 0 Å². The van der Waals surface area contributed by atoms with E-state index >= 15 is 0 Å². The van der Waals surface area contributed by atoms with E-state index in [1.807, 2.05) is 0 Å². The molecule has 13 rings (SSSR count). The van der Waals surface area contributed by atoms with E-state index in [2.05, 4.69) is 235 Å². The quantitative estimate of drug-likeness (QED) is 0.163. The van der Waals surface area contributed by atoms with Crippen molar-refractivity contribution in [2.75, 3.05) is 9.80 Å². The molecule has 380 valence electrons. The van der Waals surface area contributed by atoms with Crippen LogP contribution in [0.3, 0.4) is 0 Å². The Kier molecular flexibility index (Phi) is 10.1. The van der Waals surface area contributed by atoms with E-state index in [0.29, 0.717) is 0 Å². The molecular weight excluding hydrogens is 912 g/mol. The van der Waals surface area contributed by atoms with Crippen LogP contribution in [0.4, 0.5) is 33.4 Å². The molecule has 0 N–H and O–H groups in total. The molecule has 3 heterocycles. The molecule has 0 unspecified atom stereocenters. The number of fused-ring (bicyclic) bond motifs is 10. The van der Waals surface area contributed by atoms with E-state index in [0.717, 1.165) is 0 Å². The van der Waals surface area contributed by atoms with Crippen LogP contribution in [0.1, 0.15) is 207 Å². The fraction of sp³-hybridized carbons (Fsp3) is 0.457. The molecule has 74 heavy (non-hydrogen) atoms. The topological polar surface area (TPSA) is 6.48 Å². The van der Waals surface area contributed by atoms with Crippen molar-refractivity contribution in [2.24, 2.45) is 0 Å². The average molecular weight is 993 g/mol. The van der Waals surface area contributed by atoms with Gasteiger partial charge in [0, 0.05) is 33.1 Å². The van der Waals surface area contributed by atoms with Crippen LogP contribution in [0, 0.1) is 0 Å². The van der Waals surface area contributed by atoms with Crippen molar-refractivity contribution in [1.82, 2.24) is 0 Å². The average Bonchev–Trinajstić information content (AvgIpc) is 3.72. The predicted octanol–water partition coefficient (Wildman–Crippen LogP) is 18.0. The molecule has 0 saturated heterocycles. The molecule has 6 aliphatic rings. The molecule has 0 radical (unpaired) electrons. The molecule has 0 saturated carbocycles. The van der Waals surface area contributed by atoms with Gasteiger partial charge in [0.15, 0.2) is 0 Å². The molecule has 6 aromatic carbocycles. The van der Waals surface area contributed by atoms with Gasteiger partial charge in [-0.1, -0.05) is 159 Å². The lowest BCUT2D eigenvalue weighted by Crippen LogP contribution is -2.61. The van der Waals surface area contributed by atoms with Crippen molar-refractivity contribution in [3.05, 3.63) is 148 Å². The highest BCUT2D eigenvalue weighted by Gasteiger charge is 2.50. The predicted molar refractivity (Wildman–Crippen MR) is 322 cm³/mol. The van der Waals surface area contributed by atoms with Gasteiger partial charge in [0.2, 0.25) is 0 Å². The lowest BCUT2D eigenvalue weighted by atomic mass is 9.33. The fourth-order valence-corrected chi connectivity index (χ4v) is 16.7. The Hall–Kier alpha value is -5.06. The molecule has 0 bridgehead atoms. The Morgan fingerprint density at radius 3 is 1.26 bits per heavy atom. The van der Waals surface area contributed by atoms with Gasteiger partial charge < -0.3 is 9.80 Å². The molecule has 0 fully saturated rings. The summed E-state index contributed by atoms with van der Waals surface area (Å²) in [6.45, 7) is 40.0. The van der Waals surface area contributed by atoms with Gasteiger partial charge in [-0.05, 0) is 227 Å². The minimum absolute atomic E-state index is 0.0287. The highest BCUT2D eigenvalue weighted by Crippen LogP contribution is 2.57. The highest BCUT2D eigenvalue weighted by molar-refractivity contribution is 7.26. The monoisotopic (exact) mass is 993 g/mol. The second kappa shape index (κ2) is 15.3. The van der Waals surface area contributed by atoms with Crippen LogP contribution in [0.2, 0.25) is 0 Å². The van der Waals surface area contributed by atoms with Crippen LogP contribution in [-0.4, -0.2) is 6.71 Å². The molecule has 1 aromatic heterocycles. The standard InChI is InChI=1S/C70H81BN2S/c1-63(2)26-28-65(5,6)49-36-44(22-24-47(49)63)72-56-40-53-52(68(11,12)31-32-69(53,13)14)39-55(56)71-60-46-38-51-54(70(15,16)33-30-67(51,9)10)41-59(46)74-62(60)73(45-23-25-48-50(37-45)66(7,8)29-27-64(48,3)4)58-35-43(34-57(72)61(58)71)42-20-18-17-19-21-42/h17-25,34-41H,26-33H2,1-16H3. The first kappa shape index (κ1) is 48.6. The van der Waals surface area contributed by atoms with Crippen LogP contribution in [0.25, 0.3) is 21.2 Å². The molecular formula is C70H81BN2S. The maximum Gasteiger partial charge on any atom is 0.254 e. The number of anilines is 6. The first-order chi connectivity index (χ1) is 34.6. The summed E-state index contributed by atoms with van der Waals surface area (Å²) in [5.41, 5.74) is 26.2. The van der Waals surface area contributed by atoms with Crippen LogP contribution < -0.4 is 26.2 Å². The third-order valence-electron chi connectivity index (χ3n) is 20.9. The minimum Gasteiger partial charge on any atom is -0.311 e. The second-order valence-electron chi connectivity index (χ2n) is 29.6. The third kappa shape index (κ3) is 6.93. The number of benzene rings is 6. The third-order valence-corrected chi connectivity index (χ3v) is 22.1. The molecule has 0 amide bonds. The Bertz CT molecular complexity index is 3540. The van der Waals surface area contributed by atoms with E-state index in [1.165, 1.54) is 156 Å². The lowest BCUT2D eigenvalue weighted by Gasteiger charge is -2.48. The summed E-state index contributed by atoms with van der Waals surface area (Å²) in [7, 11) is 0. The van der Waals surface area contributed by atoms with Crippen molar-refractivity contribution >= 4 is 78.0 Å². The van der Waals surface area contributed by atoms with Gasteiger partial charge in [-0.2, -0.15) is 0 Å². The fourth-order valence-electron chi connectivity index (χ4n) is 15.4. The number of thiophene rings is 1. The van der Waals surface area contributed by atoms with Crippen LogP contribution in [0.5, 0.6) is 0 Å². The summed E-state index contributed by atoms with van der Waals surface area (Å²) < 4.78 is 1.42. The molecule has 0 atom stereocenters. The van der Waals surface area contributed by atoms with Gasteiger partial charge in [0.25, 0.3) is 6.71 Å². The summed E-state index contributed by atoms with van der Waals surface area (Å²) in [5, 5.41) is 2.83. The zero-order chi connectivity index (χ0) is 52.2. The van der Waals surface area contributed by atoms with E-state index in [4.69, 9.17) is 0 Å². The number of nitrogens with zero attached hydrogens (tertiary/aromatic N) is 2. The first-order valence-corrected chi connectivity index (χ1v) is 29.4. The number of rotatable bonds is 3. The summed E-state index contributed by atoms with van der Waals surface area (Å²) in [5.74, 6) is 0. The molecule has 4 aliphatic carbocycles. The Labute approximate surface area is 449 Å². The molecule has 2 nitrogen and oxygen atoms in total. The van der Waals surface area contributed by atoms with Crippen molar-refractivity contribution in [3.8, 4) is 11.1 Å². The zero-order valence-corrected chi connectivity index (χ0v) is 48.7. The van der Waals surface area contributed by atoms with Gasteiger partial charge in [-0.25, -0.2) is 0 Å². The van der Waals surface area contributed by atoms with E-state index < -0.39 is 0 Å². The van der Waals surface area contributed by atoms with Crippen LogP contribution >= 0.6 is 11.3 Å². The smallest absolute Gasteiger partial charge is 0.254 e. The molecule has 4 heteroatoms. The second-order valence-corrected chi connectivity index (χ2v) is 30.6. The lowest BCUT2D eigenvalue weighted by molar-refractivity contribution is 0.332. The Balaban J connectivity index is 1.20. The first-order valence-electron chi connectivity index (χ1n) is 28.5. The maximum absolute atomic E-state index is 2.77. The summed E-state index contributed by atoms with van der Waals surface area (Å²) in [6.07, 6.45) is 9.52. The Morgan fingerprint density at radius 1 is 0.351 bits per heavy atom. The Morgan fingerprint density at radius 2 is 0.757 bits per heavy atom. The molecule has 0 spiro atoms. The maximum atomic E-state index is 2.77. The SMILES string of the molecule is CC1(C)CCC(C)(C)c2cc(N3c4cc5c(cc4B4c6c3cc(-c3ccccc3)cc6N(c3ccc6c(c3)C(C)(C)CCC6(C)C)c3sc6cc7c(cc6c34)C(C)(C)CCC7(C)C)C(C)(C)CCC5(C)C)ccc21. The molecule has 7 aromatic rings. The largest absolute Gasteiger partial charge is 0.311 e. The normalized spacial score (nSPS) is 22.1. The van der Waals surface area contributed by atoms with Gasteiger partial charge in [-0.3, -0.25) is 0 Å². The van der Waals surface area contributed by atoms with Gasteiger partial charge in [-0.15, -0.1) is 11.3 Å². The number of hydrogen-bond donors (Lipinski definition) is 0. The minimum atomic E-state index is 0.0287. The van der Waals surface area contributed by atoms with Crippen LogP contribution in [-0.2, 0) is 43.3 Å². The van der Waals surface area contributed by atoms with Crippen molar-refractivity contribution in [3.63, 3.8) is 0 Å². The summed E-state index contributed by atoms with van der Waals surface area (Å²) >= 11 is 2.06. The molecule has 2 aliphatic heterocycles. The summed E-state index contributed by atoms with van der Waals surface area (Å²) in [4.78, 5) is 5.53. The van der Waals surface area contributed by atoms with Crippen molar-refractivity contribution in [1.29, 1.82) is 0 Å². The van der Waals surface area contributed by atoms with E-state index in [1.54, 1.807) is 11.1 Å².